The third-order valence-electron chi connectivity index (χ3n) is 8.93. The van der Waals surface area contributed by atoms with Gasteiger partial charge in [-0.05, 0) is 91.5 Å². The normalized spacial score (nSPS) is 28.8. The van der Waals surface area contributed by atoms with E-state index in [1.54, 1.807) is 0 Å². The Balaban J connectivity index is 1.24. The van der Waals surface area contributed by atoms with Crippen LogP contribution in [-0.4, -0.2) is 6.04 Å². The highest BCUT2D eigenvalue weighted by Gasteiger charge is 2.52. The first-order valence-corrected chi connectivity index (χ1v) is 13.1. The first kappa shape index (κ1) is 21.5. The maximum atomic E-state index is 6.39. The van der Waals surface area contributed by atoms with Gasteiger partial charge in [-0.15, -0.1) is 0 Å². The van der Waals surface area contributed by atoms with Gasteiger partial charge in [0, 0.05) is 28.7 Å². The molecule has 172 valence electrons. The second kappa shape index (κ2) is 8.64. The number of benzene rings is 3. The van der Waals surface area contributed by atoms with E-state index in [9.17, 15) is 0 Å². The average Bonchev–Trinajstić information content (AvgIpc) is 2.81. The molecule has 3 aromatic carbocycles. The van der Waals surface area contributed by atoms with E-state index < -0.39 is 0 Å². The summed E-state index contributed by atoms with van der Waals surface area (Å²) >= 11 is 6.39. The summed E-state index contributed by atoms with van der Waals surface area (Å²) in [6.45, 7) is 3.76. The molecule has 4 aliphatic rings. The third kappa shape index (κ3) is 4.06. The lowest BCUT2D eigenvalue weighted by molar-refractivity contribution is -0.0706. The maximum Gasteiger partial charge on any atom is 0.124 e. The van der Waals surface area contributed by atoms with Gasteiger partial charge < -0.3 is 10.1 Å². The van der Waals surface area contributed by atoms with Gasteiger partial charge in [-0.1, -0.05) is 60.1 Å². The van der Waals surface area contributed by atoms with Gasteiger partial charge in [0.25, 0.3) is 0 Å². The lowest BCUT2D eigenvalue weighted by Crippen LogP contribution is -2.54. The molecule has 1 unspecified atom stereocenters. The molecule has 0 heterocycles. The SMILES string of the molecule is CC(NCc1c(OCc2ccccc2Cl)ccc2ccccc12)C12CC3CC(CC(C3)C1)C2. The van der Waals surface area contributed by atoms with Gasteiger partial charge in [0.15, 0.2) is 0 Å². The lowest BCUT2D eigenvalue weighted by atomic mass is 9.48. The van der Waals surface area contributed by atoms with Crippen molar-refractivity contribution >= 4 is 22.4 Å². The Morgan fingerprint density at radius 3 is 2.30 bits per heavy atom. The zero-order valence-corrected chi connectivity index (χ0v) is 20.3. The van der Waals surface area contributed by atoms with Crippen LogP contribution >= 0.6 is 11.6 Å². The van der Waals surface area contributed by atoms with E-state index >= 15 is 0 Å². The average molecular weight is 460 g/mol. The molecule has 3 heteroatoms. The van der Waals surface area contributed by atoms with E-state index in [0.29, 0.717) is 18.1 Å². The fraction of sp³-hybridized carbons (Fsp3) is 0.467. The van der Waals surface area contributed by atoms with E-state index in [1.807, 2.05) is 24.3 Å². The molecule has 1 N–H and O–H groups in total. The van der Waals surface area contributed by atoms with Gasteiger partial charge in [0.1, 0.15) is 12.4 Å². The first-order valence-electron chi connectivity index (χ1n) is 12.7. The van der Waals surface area contributed by atoms with Crippen LogP contribution in [0.15, 0.2) is 60.7 Å². The fourth-order valence-corrected chi connectivity index (χ4v) is 7.77. The third-order valence-corrected chi connectivity index (χ3v) is 9.30. The van der Waals surface area contributed by atoms with Gasteiger partial charge in [-0.3, -0.25) is 0 Å². The summed E-state index contributed by atoms with van der Waals surface area (Å²) in [5.41, 5.74) is 2.78. The van der Waals surface area contributed by atoms with Gasteiger partial charge in [-0.25, -0.2) is 0 Å². The van der Waals surface area contributed by atoms with Crippen LogP contribution in [0.1, 0.15) is 56.6 Å². The predicted molar refractivity (Wildman–Crippen MR) is 137 cm³/mol. The topological polar surface area (TPSA) is 21.3 Å². The molecule has 4 saturated carbocycles. The second-order valence-corrected chi connectivity index (χ2v) is 11.4. The Hall–Kier alpha value is -2.03. The molecule has 1 atom stereocenters. The Kier molecular flexibility index (Phi) is 5.63. The van der Waals surface area contributed by atoms with Crippen LogP contribution < -0.4 is 10.1 Å². The number of rotatable bonds is 7. The van der Waals surface area contributed by atoms with Crippen LogP contribution in [0.2, 0.25) is 5.02 Å². The van der Waals surface area contributed by atoms with Crippen LogP contribution in [0.4, 0.5) is 0 Å². The van der Waals surface area contributed by atoms with Crippen molar-refractivity contribution in [2.45, 2.75) is 64.6 Å². The van der Waals surface area contributed by atoms with Crippen molar-refractivity contribution in [3.8, 4) is 5.75 Å². The van der Waals surface area contributed by atoms with Crippen LogP contribution in [0.25, 0.3) is 10.8 Å². The van der Waals surface area contributed by atoms with Crippen molar-refractivity contribution in [1.29, 1.82) is 0 Å². The van der Waals surface area contributed by atoms with Crippen molar-refractivity contribution in [3.63, 3.8) is 0 Å². The van der Waals surface area contributed by atoms with Gasteiger partial charge in [0.2, 0.25) is 0 Å². The standard InChI is InChI=1S/C30H34ClNO/c1-20(30-15-21-12-22(16-30)14-23(13-21)17-30)32-18-27-26-8-4-2-6-24(26)10-11-29(27)33-19-25-7-3-5-9-28(25)31/h2-11,20-23,32H,12-19H2,1H3. The number of hydrogen-bond acceptors (Lipinski definition) is 2. The molecule has 2 nitrogen and oxygen atoms in total. The van der Waals surface area contributed by atoms with E-state index in [4.69, 9.17) is 16.3 Å². The highest BCUT2D eigenvalue weighted by molar-refractivity contribution is 6.31. The molecule has 0 saturated heterocycles. The molecular formula is C30H34ClNO. The molecule has 3 aromatic rings. The van der Waals surface area contributed by atoms with Crippen molar-refractivity contribution in [2.24, 2.45) is 23.2 Å². The summed E-state index contributed by atoms with van der Waals surface area (Å²) in [5, 5.41) is 7.29. The zero-order valence-electron chi connectivity index (χ0n) is 19.5. The fourth-order valence-electron chi connectivity index (χ4n) is 7.58. The molecular weight excluding hydrogens is 426 g/mol. The Morgan fingerprint density at radius 1 is 0.909 bits per heavy atom. The van der Waals surface area contributed by atoms with E-state index in [2.05, 4.69) is 48.6 Å². The number of hydrogen-bond donors (Lipinski definition) is 1. The molecule has 4 bridgehead atoms. The van der Waals surface area contributed by atoms with Crippen molar-refractivity contribution < 1.29 is 4.74 Å². The predicted octanol–water partition coefficient (Wildman–Crippen LogP) is 7.77. The van der Waals surface area contributed by atoms with E-state index in [1.165, 1.54) is 54.9 Å². The maximum absolute atomic E-state index is 6.39. The highest BCUT2D eigenvalue weighted by Crippen LogP contribution is 2.61. The zero-order chi connectivity index (χ0) is 22.4. The van der Waals surface area contributed by atoms with Crippen LogP contribution in [0.5, 0.6) is 5.75 Å². The Labute approximate surface area is 202 Å². The van der Waals surface area contributed by atoms with Crippen LogP contribution in [0.3, 0.4) is 0 Å². The highest BCUT2D eigenvalue weighted by atomic mass is 35.5. The smallest absolute Gasteiger partial charge is 0.124 e. The molecule has 33 heavy (non-hydrogen) atoms. The second-order valence-electron chi connectivity index (χ2n) is 11.0. The van der Waals surface area contributed by atoms with Crippen molar-refractivity contribution in [3.05, 3.63) is 76.8 Å². The summed E-state index contributed by atoms with van der Waals surface area (Å²) in [5.74, 6) is 3.89. The molecule has 0 aliphatic heterocycles. The van der Waals surface area contributed by atoms with Crippen LogP contribution in [-0.2, 0) is 13.2 Å². The summed E-state index contributed by atoms with van der Waals surface area (Å²) in [7, 11) is 0. The Morgan fingerprint density at radius 2 is 1.58 bits per heavy atom. The summed E-state index contributed by atoms with van der Waals surface area (Å²) in [4.78, 5) is 0. The minimum absolute atomic E-state index is 0.482. The number of halogens is 1. The molecule has 0 amide bonds. The largest absolute Gasteiger partial charge is 0.488 e. The molecule has 0 aromatic heterocycles. The number of ether oxygens (including phenoxy) is 1. The van der Waals surface area contributed by atoms with Gasteiger partial charge in [-0.2, -0.15) is 0 Å². The van der Waals surface area contributed by atoms with Crippen LogP contribution in [0, 0.1) is 23.2 Å². The van der Waals surface area contributed by atoms with Gasteiger partial charge in [0.05, 0.1) is 0 Å². The summed E-state index contributed by atoms with van der Waals surface area (Å²) in [6, 6.07) is 21.4. The molecule has 0 radical (unpaired) electrons. The van der Waals surface area contributed by atoms with E-state index in [-0.39, 0.29) is 0 Å². The number of nitrogens with one attached hydrogen (secondary N) is 1. The summed E-state index contributed by atoms with van der Waals surface area (Å²) in [6.07, 6.45) is 8.77. The van der Waals surface area contributed by atoms with Crippen molar-refractivity contribution in [2.75, 3.05) is 0 Å². The minimum atomic E-state index is 0.482. The Bertz CT molecular complexity index is 1120. The van der Waals surface area contributed by atoms with Crippen molar-refractivity contribution in [1.82, 2.24) is 5.32 Å². The lowest BCUT2D eigenvalue weighted by Gasteiger charge is -2.59. The van der Waals surface area contributed by atoms with E-state index in [0.717, 1.165) is 40.6 Å². The summed E-state index contributed by atoms with van der Waals surface area (Å²) < 4.78 is 6.37. The van der Waals surface area contributed by atoms with Gasteiger partial charge >= 0.3 is 0 Å². The molecule has 4 fully saturated rings. The quantitative estimate of drug-likeness (QED) is 0.389. The monoisotopic (exact) mass is 459 g/mol. The molecule has 7 rings (SSSR count). The molecule has 4 aliphatic carbocycles. The first-order chi connectivity index (χ1) is 16.1. The molecule has 0 spiro atoms. The number of fused-ring (bicyclic) bond motifs is 1. The minimum Gasteiger partial charge on any atom is -0.488 e.